The van der Waals surface area contributed by atoms with Gasteiger partial charge in [-0.2, -0.15) is 5.21 Å². The van der Waals surface area contributed by atoms with E-state index in [1.165, 1.54) is 4.88 Å². The summed E-state index contributed by atoms with van der Waals surface area (Å²) in [6.07, 6.45) is 0.740. The van der Waals surface area contributed by atoms with Gasteiger partial charge in [0, 0.05) is 16.9 Å². The number of hydrogen-bond donors (Lipinski definition) is 1. The molecule has 0 saturated carbocycles. The minimum Gasteiger partial charge on any atom is -0.462 e. The molecule has 7 heteroatoms. The molecule has 3 aromatic rings. The number of aromatic amines is 1. The summed E-state index contributed by atoms with van der Waals surface area (Å²) in [5.41, 5.74) is 1.30. The Morgan fingerprint density at radius 1 is 1.24 bits per heavy atom. The molecule has 1 N–H and O–H groups in total. The number of thiophene rings is 1. The summed E-state index contributed by atoms with van der Waals surface area (Å²) in [4.78, 5) is 13.1. The third-order valence-corrected chi connectivity index (χ3v) is 3.82. The van der Waals surface area contributed by atoms with Crippen LogP contribution in [-0.4, -0.2) is 33.2 Å². The predicted molar refractivity (Wildman–Crippen MR) is 77.9 cm³/mol. The molecule has 0 radical (unpaired) electrons. The number of hydrogen-bond acceptors (Lipinski definition) is 6. The number of benzene rings is 1. The lowest BCUT2D eigenvalue weighted by Gasteiger charge is -2.04. The van der Waals surface area contributed by atoms with Crippen LogP contribution < -0.4 is 0 Å². The van der Waals surface area contributed by atoms with Crippen molar-refractivity contribution in [3.05, 3.63) is 52.2 Å². The summed E-state index contributed by atoms with van der Waals surface area (Å²) in [6.45, 7) is 0.381. The number of carbonyl (C=O) groups excluding carboxylic acids is 1. The maximum atomic E-state index is 11.9. The van der Waals surface area contributed by atoms with Gasteiger partial charge in [0.1, 0.15) is 0 Å². The fraction of sp³-hybridized carbons (Fsp3) is 0.143. The molecule has 21 heavy (non-hydrogen) atoms. The molecule has 0 atom stereocenters. The number of carbonyl (C=O) groups is 1. The highest BCUT2D eigenvalue weighted by Gasteiger charge is 2.09. The second-order valence-electron chi connectivity index (χ2n) is 4.28. The second-order valence-corrected chi connectivity index (χ2v) is 5.31. The van der Waals surface area contributed by atoms with Crippen molar-refractivity contribution in [1.82, 2.24) is 20.6 Å². The van der Waals surface area contributed by atoms with Crippen molar-refractivity contribution in [2.45, 2.75) is 6.42 Å². The van der Waals surface area contributed by atoms with Crippen LogP contribution >= 0.6 is 11.3 Å². The molecule has 0 aliphatic heterocycles. The van der Waals surface area contributed by atoms with Gasteiger partial charge in [-0.25, -0.2) is 4.79 Å². The first kappa shape index (κ1) is 13.4. The van der Waals surface area contributed by atoms with E-state index in [0.29, 0.717) is 18.0 Å². The highest BCUT2D eigenvalue weighted by Crippen LogP contribution is 2.15. The van der Waals surface area contributed by atoms with Crippen LogP contribution in [0.2, 0.25) is 0 Å². The van der Waals surface area contributed by atoms with Gasteiger partial charge in [-0.3, -0.25) is 0 Å². The van der Waals surface area contributed by atoms with E-state index in [9.17, 15) is 4.79 Å². The zero-order chi connectivity index (χ0) is 14.5. The van der Waals surface area contributed by atoms with Crippen molar-refractivity contribution in [2.24, 2.45) is 0 Å². The van der Waals surface area contributed by atoms with Crippen molar-refractivity contribution in [3.63, 3.8) is 0 Å². The van der Waals surface area contributed by atoms with Crippen LogP contribution in [0.15, 0.2) is 41.8 Å². The van der Waals surface area contributed by atoms with Gasteiger partial charge >= 0.3 is 5.97 Å². The normalized spacial score (nSPS) is 10.5. The van der Waals surface area contributed by atoms with Gasteiger partial charge < -0.3 is 4.74 Å². The number of aromatic nitrogens is 4. The number of rotatable bonds is 5. The van der Waals surface area contributed by atoms with Crippen LogP contribution in [0.1, 0.15) is 15.2 Å². The molecule has 0 spiro atoms. The minimum absolute atomic E-state index is 0.328. The molecule has 3 rings (SSSR count). The molecule has 6 nitrogen and oxygen atoms in total. The summed E-state index contributed by atoms with van der Waals surface area (Å²) < 4.78 is 5.25. The van der Waals surface area contributed by atoms with E-state index in [-0.39, 0.29) is 5.97 Å². The average molecular weight is 300 g/mol. The lowest BCUT2D eigenvalue weighted by molar-refractivity contribution is 0.0510. The van der Waals surface area contributed by atoms with Crippen molar-refractivity contribution >= 4 is 17.3 Å². The van der Waals surface area contributed by atoms with E-state index in [1.807, 2.05) is 17.5 Å². The van der Waals surface area contributed by atoms with Crippen molar-refractivity contribution in [1.29, 1.82) is 0 Å². The maximum Gasteiger partial charge on any atom is 0.338 e. The average Bonchev–Trinajstić information content (AvgIpc) is 3.21. The molecule has 0 aliphatic rings. The summed E-state index contributed by atoms with van der Waals surface area (Å²) in [5.74, 6) is 0.166. The van der Waals surface area contributed by atoms with Gasteiger partial charge in [-0.15, -0.1) is 21.5 Å². The van der Waals surface area contributed by atoms with Crippen molar-refractivity contribution in [2.75, 3.05) is 6.61 Å². The zero-order valence-corrected chi connectivity index (χ0v) is 11.8. The highest BCUT2D eigenvalue weighted by atomic mass is 32.1. The molecule has 2 aromatic heterocycles. The quantitative estimate of drug-likeness (QED) is 0.731. The number of nitrogens with one attached hydrogen (secondary N) is 1. The number of nitrogens with zero attached hydrogens (tertiary/aromatic N) is 3. The van der Waals surface area contributed by atoms with Gasteiger partial charge in [0.2, 0.25) is 5.82 Å². The van der Waals surface area contributed by atoms with E-state index >= 15 is 0 Å². The molecular formula is C14H12N4O2S. The number of esters is 1. The van der Waals surface area contributed by atoms with Crippen LogP contribution in [0.3, 0.4) is 0 Å². The maximum absolute atomic E-state index is 11.9. The van der Waals surface area contributed by atoms with Gasteiger partial charge in [-0.05, 0) is 28.8 Å². The Kier molecular flexibility index (Phi) is 4.02. The lowest BCUT2D eigenvalue weighted by atomic mass is 10.1. The summed E-state index contributed by atoms with van der Waals surface area (Å²) >= 11 is 1.66. The Labute approximate surface area is 124 Å². The van der Waals surface area contributed by atoms with Gasteiger partial charge in [0.05, 0.1) is 12.2 Å². The van der Waals surface area contributed by atoms with Crippen LogP contribution in [0.25, 0.3) is 11.4 Å². The molecule has 0 amide bonds. The first-order valence-electron chi connectivity index (χ1n) is 6.36. The first-order chi connectivity index (χ1) is 10.3. The zero-order valence-electron chi connectivity index (χ0n) is 11.0. The molecule has 0 aliphatic carbocycles. The molecular weight excluding hydrogens is 288 g/mol. The van der Waals surface area contributed by atoms with E-state index in [2.05, 4.69) is 20.6 Å². The number of tetrazole rings is 1. The Morgan fingerprint density at radius 3 is 2.76 bits per heavy atom. The smallest absolute Gasteiger partial charge is 0.338 e. The molecule has 1 aromatic carbocycles. The van der Waals surface area contributed by atoms with E-state index in [1.54, 1.807) is 35.6 Å². The van der Waals surface area contributed by atoms with Gasteiger partial charge in [0.25, 0.3) is 0 Å². The van der Waals surface area contributed by atoms with E-state index in [0.717, 1.165) is 12.0 Å². The molecule has 0 bridgehead atoms. The number of H-pyrrole nitrogens is 1. The minimum atomic E-state index is -0.328. The second kappa shape index (κ2) is 6.27. The largest absolute Gasteiger partial charge is 0.462 e. The third kappa shape index (κ3) is 3.32. The number of ether oxygens (including phenoxy) is 1. The van der Waals surface area contributed by atoms with Crippen LogP contribution in [-0.2, 0) is 11.2 Å². The van der Waals surface area contributed by atoms with Crippen molar-refractivity contribution in [3.8, 4) is 11.4 Å². The van der Waals surface area contributed by atoms with Crippen LogP contribution in [0.5, 0.6) is 0 Å². The fourth-order valence-electron chi connectivity index (χ4n) is 1.82. The Bertz CT molecular complexity index is 693. The molecule has 2 heterocycles. The molecule has 0 saturated heterocycles. The monoisotopic (exact) mass is 300 g/mol. The topological polar surface area (TPSA) is 80.8 Å². The van der Waals surface area contributed by atoms with Crippen molar-refractivity contribution < 1.29 is 9.53 Å². The summed E-state index contributed by atoms with van der Waals surface area (Å²) in [6, 6.07) is 10.9. The fourth-order valence-corrected chi connectivity index (χ4v) is 2.51. The molecule has 0 unspecified atom stereocenters. The highest BCUT2D eigenvalue weighted by molar-refractivity contribution is 7.09. The Balaban J connectivity index is 1.57. The SMILES string of the molecule is O=C(OCCc1cccs1)c1ccc(-c2nn[nH]n2)cc1. The molecule has 106 valence electrons. The Hall–Kier alpha value is -2.54. The lowest BCUT2D eigenvalue weighted by Crippen LogP contribution is -2.07. The Morgan fingerprint density at radius 2 is 2.10 bits per heavy atom. The predicted octanol–water partition coefficient (Wildman–Crippen LogP) is 2.33. The van der Waals surface area contributed by atoms with Crippen LogP contribution in [0.4, 0.5) is 0 Å². The van der Waals surface area contributed by atoms with Gasteiger partial charge in [0.15, 0.2) is 0 Å². The third-order valence-electron chi connectivity index (χ3n) is 2.89. The standard InChI is InChI=1S/C14H12N4O2S/c19-14(20-8-7-12-2-1-9-21-12)11-5-3-10(4-6-11)13-15-17-18-16-13/h1-6,9H,7-8H2,(H,15,16,17,18). The first-order valence-corrected chi connectivity index (χ1v) is 7.24. The van der Waals surface area contributed by atoms with Crippen LogP contribution in [0, 0.1) is 0 Å². The summed E-state index contributed by atoms with van der Waals surface area (Å²) in [5, 5.41) is 15.6. The molecule has 0 fully saturated rings. The van der Waals surface area contributed by atoms with E-state index in [4.69, 9.17) is 4.74 Å². The van der Waals surface area contributed by atoms with E-state index < -0.39 is 0 Å². The summed E-state index contributed by atoms with van der Waals surface area (Å²) in [7, 11) is 0. The van der Waals surface area contributed by atoms with Gasteiger partial charge in [-0.1, -0.05) is 18.2 Å².